The van der Waals surface area contributed by atoms with Crippen molar-refractivity contribution in [2.24, 2.45) is 4.99 Å². The molecule has 0 aliphatic rings. The van der Waals surface area contributed by atoms with Crippen molar-refractivity contribution in [2.75, 3.05) is 5.32 Å². The van der Waals surface area contributed by atoms with Gasteiger partial charge in [-0.25, -0.2) is 9.38 Å². The minimum Gasteiger partial charge on any atom is -0.323 e. The molecule has 0 saturated carbocycles. The molecular formula is C22H21FN4O. The van der Waals surface area contributed by atoms with Crippen molar-refractivity contribution in [3.8, 4) is 0 Å². The SMILES string of the molecule is Cc1cc(C)cc(C(=O)NC(=NCc2ccncc2)Nc2ccccc2F)c1. The van der Waals surface area contributed by atoms with Crippen molar-refractivity contribution in [3.05, 3.63) is 95.1 Å². The lowest BCUT2D eigenvalue weighted by Crippen LogP contribution is -2.36. The van der Waals surface area contributed by atoms with Crippen molar-refractivity contribution in [2.45, 2.75) is 20.4 Å². The lowest BCUT2D eigenvalue weighted by atomic mass is 10.1. The van der Waals surface area contributed by atoms with E-state index in [0.29, 0.717) is 12.1 Å². The topological polar surface area (TPSA) is 66.4 Å². The Kier molecular flexibility index (Phi) is 6.11. The molecule has 6 heteroatoms. The van der Waals surface area contributed by atoms with E-state index in [0.717, 1.165) is 16.7 Å². The molecule has 3 aromatic rings. The summed E-state index contributed by atoms with van der Waals surface area (Å²) in [6.45, 7) is 4.17. The predicted octanol–water partition coefficient (Wildman–Crippen LogP) is 4.24. The fourth-order valence-electron chi connectivity index (χ4n) is 2.74. The zero-order valence-corrected chi connectivity index (χ0v) is 15.7. The number of carbonyl (C=O) groups is 1. The fraction of sp³-hybridized carbons (Fsp3) is 0.136. The molecule has 3 rings (SSSR count). The molecule has 142 valence electrons. The maximum atomic E-state index is 14.0. The molecule has 0 spiro atoms. The van der Waals surface area contributed by atoms with Gasteiger partial charge in [-0.2, -0.15) is 0 Å². The average molecular weight is 376 g/mol. The molecule has 1 aromatic heterocycles. The van der Waals surface area contributed by atoms with E-state index in [-0.39, 0.29) is 17.6 Å². The number of carbonyl (C=O) groups excluding carboxylic acids is 1. The lowest BCUT2D eigenvalue weighted by molar-refractivity contribution is 0.0976. The van der Waals surface area contributed by atoms with Gasteiger partial charge in [-0.1, -0.05) is 29.3 Å². The number of aryl methyl sites for hydroxylation is 2. The second-order valence-corrected chi connectivity index (χ2v) is 6.46. The Bertz CT molecular complexity index is 982. The summed E-state index contributed by atoms with van der Waals surface area (Å²) < 4.78 is 14.0. The Hall–Kier alpha value is -3.54. The number of nitrogens with one attached hydrogen (secondary N) is 2. The quantitative estimate of drug-likeness (QED) is 0.529. The number of amides is 1. The predicted molar refractivity (Wildman–Crippen MR) is 109 cm³/mol. The van der Waals surface area contributed by atoms with Crippen LogP contribution in [-0.2, 0) is 6.54 Å². The van der Waals surface area contributed by atoms with Gasteiger partial charge in [0.25, 0.3) is 5.91 Å². The summed E-state index contributed by atoms with van der Waals surface area (Å²) in [7, 11) is 0. The highest BCUT2D eigenvalue weighted by Crippen LogP contribution is 2.13. The first-order valence-electron chi connectivity index (χ1n) is 8.86. The van der Waals surface area contributed by atoms with Gasteiger partial charge in [0, 0.05) is 18.0 Å². The van der Waals surface area contributed by atoms with Gasteiger partial charge in [0.15, 0.2) is 0 Å². The standard InChI is InChI=1S/C22H21FN4O/c1-15-11-16(2)13-18(12-15)21(28)27-22(25-14-17-7-9-24-10-8-17)26-20-6-4-3-5-19(20)23/h3-13H,14H2,1-2H3,(H2,25,26,27,28). The van der Waals surface area contributed by atoms with Crippen molar-refractivity contribution in [1.82, 2.24) is 10.3 Å². The fourth-order valence-corrected chi connectivity index (χ4v) is 2.74. The Morgan fingerprint density at radius 1 is 1.04 bits per heavy atom. The smallest absolute Gasteiger partial charge is 0.257 e. The van der Waals surface area contributed by atoms with Crippen LogP contribution in [0.2, 0.25) is 0 Å². The summed E-state index contributed by atoms with van der Waals surface area (Å²) in [4.78, 5) is 21.1. The van der Waals surface area contributed by atoms with Crippen LogP contribution in [0, 0.1) is 19.7 Å². The Labute approximate surface area is 163 Å². The maximum Gasteiger partial charge on any atom is 0.257 e. The molecule has 1 heterocycles. The van der Waals surface area contributed by atoms with Gasteiger partial charge in [0.1, 0.15) is 5.82 Å². The zero-order valence-electron chi connectivity index (χ0n) is 15.7. The normalized spacial score (nSPS) is 11.2. The molecule has 0 aliphatic carbocycles. The number of benzene rings is 2. The van der Waals surface area contributed by atoms with Crippen molar-refractivity contribution in [3.63, 3.8) is 0 Å². The van der Waals surface area contributed by atoms with Gasteiger partial charge < -0.3 is 5.32 Å². The molecule has 0 radical (unpaired) electrons. The molecule has 0 unspecified atom stereocenters. The van der Waals surface area contributed by atoms with Crippen LogP contribution in [0.15, 0.2) is 72.0 Å². The summed E-state index contributed by atoms with van der Waals surface area (Å²) in [6, 6.07) is 15.5. The molecular weight excluding hydrogens is 355 g/mol. The van der Waals surface area contributed by atoms with E-state index in [1.165, 1.54) is 6.07 Å². The van der Waals surface area contributed by atoms with Gasteiger partial charge in [-0.15, -0.1) is 0 Å². The van der Waals surface area contributed by atoms with E-state index in [1.807, 2.05) is 32.0 Å². The zero-order chi connectivity index (χ0) is 19.9. The molecule has 0 fully saturated rings. The number of hydrogen-bond acceptors (Lipinski definition) is 3. The van der Waals surface area contributed by atoms with Crippen molar-refractivity contribution in [1.29, 1.82) is 0 Å². The minimum absolute atomic E-state index is 0.172. The van der Waals surface area contributed by atoms with Crippen LogP contribution >= 0.6 is 0 Å². The third-order valence-electron chi connectivity index (χ3n) is 4.01. The Morgan fingerprint density at radius 2 is 1.71 bits per heavy atom. The number of para-hydroxylation sites is 1. The highest BCUT2D eigenvalue weighted by atomic mass is 19.1. The first-order chi connectivity index (χ1) is 13.5. The summed E-state index contributed by atoms with van der Waals surface area (Å²) in [5, 5.41) is 5.63. The van der Waals surface area contributed by atoms with Crippen molar-refractivity contribution >= 4 is 17.6 Å². The van der Waals surface area contributed by atoms with Gasteiger partial charge in [-0.05, 0) is 55.8 Å². The first-order valence-corrected chi connectivity index (χ1v) is 8.86. The molecule has 0 saturated heterocycles. The van der Waals surface area contributed by atoms with Gasteiger partial charge in [0.05, 0.1) is 12.2 Å². The number of anilines is 1. The molecule has 0 atom stereocenters. The number of nitrogens with zero attached hydrogens (tertiary/aromatic N) is 2. The molecule has 0 aliphatic heterocycles. The molecule has 1 amide bonds. The number of aliphatic imine (C=N–C) groups is 1. The highest BCUT2D eigenvalue weighted by Gasteiger charge is 2.12. The van der Waals surface area contributed by atoms with E-state index in [4.69, 9.17) is 0 Å². The average Bonchev–Trinajstić information content (AvgIpc) is 2.68. The van der Waals surface area contributed by atoms with Crippen LogP contribution in [-0.4, -0.2) is 16.9 Å². The summed E-state index contributed by atoms with van der Waals surface area (Å²) in [6.07, 6.45) is 3.34. The van der Waals surface area contributed by atoms with Crippen LogP contribution in [0.5, 0.6) is 0 Å². The van der Waals surface area contributed by atoms with E-state index in [9.17, 15) is 9.18 Å². The maximum absolute atomic E-state index is 14.0. The molecule has 2 N–H and O–H groups in total. The number of halogens is 1. The summed E-state index contributed by atoms with van der Waals surface area (Å²) in [5.41, 5.74) is 3.65. The second kappa shape index (κ2) is 8.90. The van der Waals surface area contributed by atoms with E-state index >= 15 is 0 Å². The Morgan fingerprint density at radius 3 is 2.39 bits per heavy atom. The number of rotatable bonds is 4. The summed E-state index contributed by atoms with van der Waals surface area (Å²) >= 11 is 0. The molecule has 28 heavy (non-hydrogen) atoms. The van der Waals surface area contributed by atoms with Crippen molar-refractivity contribution < 1.29 is 9.18 Å². The number of pyridine rings is 1. The third kappa shape index (κ3) is 5.23. The molecule has 5 nitrogen and oxygen atoms in total. The van der Waals surface area contributed by atoms with E-state index in [1.54, 1.807) is 42.7 Å². The van der Waals surface area contributed by atoms with E-state index < -0.39 is 5.82 Å². The third-order valence-corrected chi connectivity index (χ3v) is 4.01. The summed E-state index contributed by atoms with van der Waals surface area (Å²) in [5.74, 6) is -0.574. The lowest BCUT2D eigenvalue weighted by Gasteiger charge is -2.13. The minimum atomic E-state index is -0.431. The van der Waals surface area contributed by atoms with E-state index in [2.05, 4.69) is 20.6 Å². The second-order valence-electron chi connectivity index (χ2n) is 6.46. The highest BCUT2D eigenvalue weighted by molar-refractivity contribution is 6.10. The van der Waals surface area contributed by atoms with Gasteiger partial charge >= 0.3 is 0 Å². The first kappa shape index (κ1) is 19.2. The molecule has 0 bridgehead atoms. The van der Waals surface area contributed by atoms with Crippen LogP contribution < -0.4 is 10.6 Å². The monoisotopic (exact) mass is 376 g/mol. The van der Waals surface area contributed by atoms with Gasteiger partial charge in [-0.3, -0.25) is 15.1 Å². The Balaban J connectivity index is 1.84. The van der Waals surface area contributed by atoms with Crippen LogP contribution in [0.4, 0.5) is 10.1 Å². The number of guanidine groups is 1. The van der Waals surface area contributed by atoms with Gasteiger partial charge in [0.2, 0.25) is 5.96 Å². The number of hydrogen-bond donors (Lipinski definition) is 2. The van der Waals surface area contributed by atoms with Crippen LogP contribution in [0.25, 0.3) is 0 Å². The largest absolute Gasteiger partial charge is 0.323 e. The number of aromatic nitrogens is 1. The van der Waals surface area contributed by atoms with Crippen LogP contribution in [0.1, 0.15) is 27.0 Å². The van der Waals surface area contributed by atoms with Crippen LogP contribution in [0.3, 0.4) is 0 Å². The molecule has 2 aromatic carbocycles.